The summed E-state index contributed by atoms with van der Waals surface area (Å²) in [5.41, 5.74) is 4.09. The number of aromatic nitrogens is 1. The van der Waals surface area contributed by atoms with Crippen LogP contribution in [0.25, 0.3) is 6.08 Å². The summed E-state index contributed by atoms with van der Waals surface area (Å²) in [5.74, 6) is 0.706. The SMILES string of the molecule is CCC1(/C(C)=C/C=C/C(C)=C/c2coc(C)n2)CC1. The lowest BCUT2D eigenvalue weighted by atomic mass is 9.94. The van der Waals surface area contributed by atoms with Gasteiger partial charge in [0.1, 0.15) is 12.0 Å². The Labute approximate surface area is 115 Å². The van der Waals surface area contributed by atoms with Crippen molar-refractivity contribution in [1.82, 2.24) is 4.98 Å². The lowest BCUT2D eigenvalue weighted by Crippen LogP contribution is -1.98. The van der Waals surface area contributed by atoms with E-state index in [9.17, 15) is 0 Å². The Bertz CT molecular complexity index is 527. The molecule has 0 N–H and O–H groups in total. The van der Waals surface area contributed by atoms with Crippen LogP contribution in [0.3, 0.4) is 0 Å². The zero-order valence-corrected chi connectivity index (χ0v) is 12.4. The van der Waals surface area contributed by atoms with Crippen molar-refractivity contribution in [2.45, 2.75) is 47.0 Å². The van der Waals surface area contributed by atoms with Gasteiger partial charge in [-0.25, -0.2) is 4.98 Å². The van der Waals surface area contributed by atoms with Crippen molar-refractivity contribution in [1.29, 1.82) is 0 Å². The summed E-state index contributed by atoms with van der Waals surface area (Å²) in [6.45, 7) is 8.47. The molecule has 0 aliphatic heterocycles. The average Bonchev–Trinajstić information content (AvgIpc) is 3.08. The summed E-state index contributed by atoms with van der Waals surface area (Å²) in [5, 5.41) is 0. The van der Waals surface area contributed by atoms with Gasteiger partial charge in [0.2, 0.25) is 0 Å². The van der Waals surface area contributed by atoms with Crippen LogP contribution in [0.4, 0.5) is 0 Å². The van der Waals surface area contributed by atoms with Gasteiger partial charge in [-0.3, -0.25) is 0 Å². The molecule has 1 aliphatic carbocycles. The van der Waals surface area contributed by atoms with E-state index in [0.29, 0.717) is 11.3 Å². The number of hydrogen-bond acceptors (Lipinski definition) is 2. The second-order valence-electron chi connectivity index (χ2n) is 5.52. The Balaban J connectivity index is 1.99. The quantitative estimate of drug-likeness (QED) is 0.687. The molecule has 0 radical (unpaired) electrons. The summed E-state index contributed by atoms with van der Waals surface area (Å²) in [6.07, 6.45) is 14.2. The van der Waals surface area contributed by atoms with E-state index in [4.69, 9.17) is 4.42 Å². The van der Waals surface area contributed by atoms with Gasteiger partial charge < -0.3 is 4.42 Å². The van der Waals surface area contributed by atoms with Crippen molar-refractivity contribution in [3.63, 3.8) is 0 Å². The summed E-state index contributed by atoms with van der Waals surface area (Å²) in [4.78, 5) is 4.26. The molecule has 0 unspecified atom stereocenters. The van der Waals surface area contributed by atoms with E-state index in [-0.39, 0.29) is 0 Å². The number of hydrogen-bond donors (Lipinski definition) is 0. The Hall–Kier alpha value is -1.57. The highest BCUT2D eigenvalue weighted by molar-refractivity contribution is 5.51. The molecule has 2 heteroatoms. The van der Waals surface area contributed by atoms with Gasteiger partial charge in [-0.2, -0.15) is 0 Å². The van der Waals surface area contributed by atoms with Gasteiger partial charge in [0, 0.05) is 6.92 Å². The Morgan fingerprint density at radius 3 is 2.68 bits per heavy atom. The van der Waals surface area contributed by atoms with Crippen molar-refractivity contribution < 1.29 is 4.42 Å². The van der Waals surface area contributed by atoms with Crippen LogP contribution in [0.1, 0.15) is 51.6 Å². The first-order chi connectivity index (χ1) is 9.05. The minimum absolute atomic E-state index is 0.519. The Morgan fingerprint density at radius 1 is 1.42 bits per heavy atom. The van der Waals surface area contributed by atoms with Crippen LogP contribution >= 0.6 is 0 Å². The van der Waals surface area contributed by atoms with E-state index in [1.54, 1.807) is 6.26 Å². The normalized spacial score (nSPS) is 19.2. The fraction of sp³-hybridized carbons (Fsp3) is 0.471. The lowest BCUT2D eigenvalue weighted by Gasteiger charge is -2.11. The maximum Gasteiger partial charge on any atom is 0.191 e. The van der Waals surface area contributed by atoms with Gasteiger partial charge in [-0.15, -0.1) is 0 Å². The highest BCUT2D eigenvalue weighted by Crippen LogP contribution is 2.54. The average molecular weight is 257 g/mol. The van der Waals surface area contributed by atoms with Gasteiger partial charge in [0.15, 0.2) is 5.89 Å². The number of allylic oxidation sites excluding steroid dienone is 5. The minimum atomic E-state index is 0.519. The maximum atomic E-state index is 5.18. The molecule has 1 fully saturated rings. The van der Waals surface area contributed by atoms with E-state index < -0.39 is 0 Å². The second kappa shape index (κ2) is 5.60. The maximum absolute atomic E-state index is 5.18. The van der Waals surface area contributed by atoms with Crippen LogP contribution in [0.5, 0.6) is 0 Å². The molecule has 1 aliphatic rings. The molecule has 2 rings (SSSR count). The largest absolute Gasteiger partial charge is 0.449 e. The van der Waals surface area contributed by atoms with Crippen LogP contribution in [0, 0.1) is 12.3 Å². The Kier molecular flexibility index (Phi) is 4.08. The first-order valence-corrected chi connectivity index (χ1v) is 7.01. The number of aryl methyl sites for hydroxylation is 1. The molecule has 0 aromatic carbocycles. The fourth-order valence-corrected chi connectivity index (χ4v) is 2.43. The zero-order valence-electron chi connectivity index (χ0n) is 12.4. The van der Waals surface area contributed by atoms with Crippen LogP contribution < -0.4 is 0 Å². The smallest absolute Gasteiger partial charge is 0.191 e. The molecule has 1 heterocycles. The van der Waals surface area contributed by atoms with Gasteiger partial charge in [-0.1, -0.05) is 30.7 Å². The van der Waals surface area contributed by atoms with Gasteiger partial charge in [0.25, 0.3) is 0 Å². The van der Waals surface area contributed by atoms with Crippen molar-refractivity contribution in [3.05, 3.63) is 47.2 Å². The summed E-state index contributed by atoms with van der Waals surface area (Å²) >= 11 is 0. The van der Waals surface area contributed by atoms with Crippen molar-refractivity contribution in [2.75, 3.05) is 0 Å². The third-order valence-corrected chi connectivity index (χ3v) is 4.08. The minimum Gasteiger partial charge on any atom is -0.449 e. The topological polar surface area (TPSA) is 26.0 Å². The summed E-state index contributed by atoms with van der Waals surface area (Å²) in [7, 11) is 0. The van der Waals surface area contributed by atoms with Crippen molar-refractivity contribution in [3.8, 4) is 0 Å². The molecule has 0 atom stereocenters. The highest BCUT2D eigenvalue weighted by atomic mass is 16.3. The fourth-order valence-electron chi connectivity index (χ4n) is 2.43. The van der Waals surface area contributed by atoms with Crippen LogP contribution in [-0.2, 0) is 0 Å². The van der Waals surface area contributed by atoms with E-state index >= 15 is 0 Å². The number of rotatable bonds is 5. The van der Waals surface area contributed by atoms with Crippen LogP contribution in [0.2, 0.25) is 0 Å². The van der Waals surface area contributed by atoms with Crippen molar-refractivity contribution >= 4 is 6.08 Å². The molecular weight excluding hydrogens is 234 g/mol. The monoisotopic (exact) mass is 257 g/mol. The molecule has 19 heavy (non-hydrogen) atoms. The number of nitrogens with zero attached hydrogens (tertiary/aromatic N) is 1. The molecule has 0 spiro atoms. The molecule has 102 valence electrons. The molecule has 0 saturated heterocycles. The highest BCUT2D eigenvalue weighted by Gasteiger charge is 2.41. The lowest BCUT2D eigenvalue weighted by molar-refractivity contribution is 0.521. The molecule has 0 bridgehead atoms. The predicted molar refractivity (Wildman–Crippen MR) is 79.7 cm³/mol. The summed E-state index contributed by atoms with van der Waals surface area (Å²) in [6, 6.07) is 0. The van der Waals surface area contributed by atoms with Crippen LogP contribution in [0.15, 0.2) is 40.1 Å². The van der Waals surface area contributed by atoms with E-state index in [1.165, 1.54) is 30.4 Å². The Morgan fingerprint density at radius 2 is 2.16 bits per heavy atom. The van der Waals surface area contributed by atoms with E-state index in [1.807, 2.05) is 13.0 Å². The number of oxazole rings is 1. The zero-order chi connectivity index (χ0) is 13.9. The molecule has 0 amide bonds. The first kappa shape index (κ1) is 13.9. The van der Waals surface area contributed by atoms with Gasteiger partial charge in [-0.05, 0) is 50.2 Å². The molecule has 1 aromatic heterocycles. The third-order valence-electron chi connectivity index (χ3n) is 4.08. The van der Waals surface area contributed by atoms with E-state index in [0.717, 1.165) is 5.69 Å². The molecular formula is C17H23NO. The summed E-state index contributed by atoms with van der Waals surface area (Å²) < 4.78 is 5.18. The predicted octanol–water partition coefficient (Wildman–Crippen LogP) is 5.08. The van der Waals surface area contributed by atoms with Gasteiger partial charge >= 0.3 is 0 Å². The molecule has 1 saturated carbocycles. The van der Waals surface area contributed by atoms with Crippen LogP contribution in [-0.4, -0.2) is 4.98 Å². The second-order valence-corrected chi connectivity index (χ2v) is 5.52. The van der Waals surface area contributed by atoms with Gasteiger partial charge in [0.05, 0.1) is 0 Å². The van der Waals surface area contributed by atoms with E-state index in [2.05, 4.69) is 44.0 Å². The standard InChI is InChI=1S/C17H23NO/c1-5-17(9-10-17)14(3)8-6-7-13(2)11-16-12-19-15(4)18-16/h6-8,11-12H,5,9-10H2,1-4H3/b7-6+,13-11+,14-8+. The molecule has 1 aromatic rings. The third kappa shape index (κ3) is 3.46. The molecule has 2 nitrogen and oxygen atoms in total. The first-order valence-electron chi connectivity index (χ1n) is 7.01. The van der Waals surface area contributed by atoms with Crippen molar-refractivity contribution in [2.24, 2.45) is 5.41 Å².